The molecule has 2 aromatic rings. The van der Waals surface area contributed by atoms with Crippen molar-refractivity contribution >= 4 is 21.8 Å². The summed E-state index contributed by atoms with van der Waals surface area (Å²) >= 11 is 3.44. The molecule has 0 spiro atoms. The fraction of sp³-hybridized carbons (Fsp3) is 0.429. The number of aryl methyl sites for hydroxylation is 1. The van der Waals surface area contributed by atoms with Crippen LogP contribution in [0.15, 0.2) is 29.1 Å². The number of aromatic amines is 1. The molecular formula is C14H17BrN4O. The Morgan fingerprint density at radius 2 is 2.40 bits per heavy atom. The van der Waals surface area contributed by atoms with Crippen molar-refractivity contribution in [3.63, 3.8) is 0 Å². The van der Waals surface area contributed by atoms with Gasteiger partial charge < -0.3 is 14.9 Å². The van der Waals surface area contributed by atoms with Crippen molar-refractivity contribution in [2.75, 3.05) is 6.54 Å². The fourth-order valence-corrected chi connectivity index (χ4v) is 2.70. The monoisotopic (exact) mass is 336 g/mol. The summed E-state index contributed by atoms with van der Waals surface area (Å²) in [6, 6.07) is 2.39. The molecule has 3 rings (SSSR count). The Labute approximate surface area is 125 Å². The maximum Gasteiger partial charge on any atom is 0.267 e. The quantitative estimate of drug-likeness (QED) is 0.796. The van der Waals surface area contributed by atoms with Crippen LogP contribution in [-0.2, 0) is 6.42 Å². The van der Waals surface area contributed by atoms with Gasteiger partial charge in [-0.1, -0.05) is 0 Å². The minimum Gasteiger partial charge on any atom is -0.351 e. The summed E-state index contributed by atoms with van der Waals surface area (Å²) in [5.74, 6) is 0.963. The van der Waals surface area contributed by atoms with Gasteiger partial charge in [-0.25, -0.2) is 4.98 Å². The van der Waals surface area contributed by atoms with Gasteiger partial charge in [-0.3, -0.25) is 4.79 Å². The summed E-state index contributed by atoms with van der Waals surface area (Å²) in [5, 5.41) is 2.98. The number of hydrogen-bond acceptors (Lipinski definition) is 2. The van der Waals surface area contributed by atoms with E-state index < -0.39 is 0 Å². The summed E-state index contributed by atoms with van der Waals surface area (Å²) in [6.45, 7) is 0.660. The van der Waals surface area contributed by atoms with Gasteiger partial charge in [-0.05, 0) is 41.3 Å². The van der Waals surface area contributed by atoms with Crippen molar-refractivity contribution in [3.05, 3.63) is 40.6 Å². The van der Waals surface area contributed by atoms with Crippen LogP contribution in [0, 0.1) is 0 Å². The first-order valence-electron chi connectivity index (χ1n) is 6.88. The number of aromatic nitrogens is 3. The molecule has 0 aliphatic heterocycles. The lowest BCUT2D eigenvalue weighted by molar-refractivity contribution is 0.0943. The predicted molar refractivity (Wildman–Crippen MR) is 79.6 cm³/mol. The van der Waals surface area contributed by atoms with Crippen molar-refractivity contribution in [1.29, 1.82) is 0 Å². The number of rotatable bonds is 6. The van der Waals surface area contributed by atoms with Gasteiger partial charge >= 0.3 is 0 Å². The predicted octanol–water partition coefficient (Wildman–Crippen LogP) is 2.67. The summed E-state index contributed by atoms with van der Waals surface area (Å²) in [5.41, 5.74) is 0.748. The van der Waals surface area contributed by atoms with E-state index in [0.717, 1.165) is 28.8 Å². The highest BCUT2D eigenvalue weighted by molar-refractivity contribution is 9.10. The summed E-state index contributed by atoms with van der Waals surface area (Å²) in [6.07, 6.45) is 9.61. The molecule has 0 radical (unpaired) electrons. The van der Waals surface area contributed by atoms with Gasteiger partial charge in [0, 0.05) is 42.1 Å². The number of imidazole rings is 1. The van der Waals surface area contributed by atoms with Crippen LogP contribution in [0.3, 0.4) is 0 Å². The molecule has 1 aliphatic rings. The van der Waals surface area contributed by atoms with Gasteiger partial charge in [0.25, 0.3) is 5.91 Å². The number of amides is 1. The third kappa shape index (κ3) is 3.12. The molecule has 0 atom stereocenters. The number of hydrogen-bond donors (Lipinski definition) is 2. The molecule has 0 aromatic carbocycles. The molecule has 2 heterocycles. The molecule has 1 saturated carbocycles. The fourth-order valence-electron chi connectivity index (χ4n) is 2.27. The lowest BCUT2D eigenvalue weighted by Crippen LogP contribution is -2.27. The van der Waals surface area contributed by atoms with Crippen LogP contribution >= 0.6 is 15.9 Å². The molecule has 20 heavy (non-hydrogen) atoms. The van der Waals surface area contributed by atoms with Crippen LogP contribution in [0.25, 0.3) is 0 Å². The first-order chi connectivity index (χ1) is 9.74. The molecule has 2 N–H and O–H groups in total. The van der Waals surface area contributed by atoms with Gasteiger partial charge in [-0.2, -0.15) is 0 Å². The van der Waals surface area contributed by atoms with Crippen LogP contribution in [0.1, 0.15) is 41.6 Å². The molecule has 5 nitrogen and oxygen atoms in total. The molecule has 1 aliphatic carbocycles. The number of H-pyrrole nitrogens is 1. The van der Waals surface area contributed by atoms with Crippen molar-refractivity contribution < 1.29 is 4.79 Å². The number of carbonyl (C=O) groups is 1. The highest BCUT2D eigenvalue weighted by atomic mass is 79.9. The molecule has 0 bridgehead atoms. The van der Waals surface area contributed by atoms with Crippen molar-refractivity contribution in [3.8, 4) is 0 Å². The maximum absolute atomic E-state index is 12.2. The highest BCUT2D eigenvalue weighted by Crippen LogP contribution is 2.37. The SMILES string of the molecule is O=C(NCCCc1ncc[nH]1)c1cc(Br)cn1C1CC1. The van der Waals surface area contributed by atoms with E-state index in [0.29, 0.717) is 12.6 Å². The van der Waals surface area contributed by atoms with E-state index >= 15 is 0 Å². The van der Waals surface area contributed by atoms with E-state index in [2.05, 4.69) is 35.8 Å². The maximum atomic E-state index is 12.2. The van der Waals surface area contributed by atoms with E-state index in [4.69, 9.17) is 0 Å². The van der Waals surface area contributed by atoms with E-state index in [1.54, 1.807) is 6.20 Å². The number of halogens is 1. The second-order valence-corrected chi connectivity index (χ2v) is 5.99. The Bertz CT molecular complexity index is 586. The normalized spacial score (nSPS) is 14.4. The van der Waals surface area contributed by atoms with Gasteiger partial charge in [-0.15, -0.1) is 0 Å². The van der Waals surface area contributed by atoms with Crippen LogP contribution in [-0.4, -0.2) is 27.0 Å². The third-order valence-corrected chi connectivity index (χ3v) is 3.85. The Hall–Kier alpha value is -1.56. The van der Waals surface area contributed by atoms with Gasteiger partial charge in [0.1, 0.15) is 11.5 Å². The molecule has 106 valence electrons. The largest absolute Gasteiger partial charge is 0.351 e. The highest BCUT2D eigenvalue weighted by Gasteiger charge is 2.27. The van der Waals surface area contributed by atoms with Crippen molar-refractivity contribution in [2.45, 2.75) is 31.7 Å². The molecule has 6 heteroatoms. The Kier molecular flexibility index (Phi) is 3.91. The van der Waals surface area contributed by atoms with Crippen LogP contribution in [0.2, 0.25) is 0 Å². The number of nitrogens with zero attached hydrogens (tertiary/aromatic N) is 2. The standard InChI is InChI=1S/C14H17BrN4O/c15-10-8-12(19(9-10)11-3-4-11)14(20)18-5-1-2-13-16-6-7-17-13/h6-9,11H,1-5H2,(H,16,17)(H,18,20). The zero-order chi connectivity index (χ0) is 13.9. The first kappa shape index (κ1) is 13.4. The zero-order valence-corrected chi connectivity index (χ0v) is 12.7. The summed E-state index contributed by atoms with van der Waals surface area (Å²) in [4.78, 5) is 19.4. The van der Waals surface area contributed by atoms with E-state index in [-0.39, 0.29) is 5.91 Å². The topological polar surface area (TPSA) is 62.7 Å². The summed E-state index contributed by atoms with van der Waals surface area (Å²) < 4.78 is 3.04. The van der Waals surface area contributed by atoms with E-state index in [9.17, 15) is 4.79 Å². The van der Waals surface area contributed by atoms with Crippen LogP contribution < -0.4 is 5.32 Å². The first-order valence-corrected chi connectivity index (χ1v) is 7.67. The lowest BCUT2D eigenvalue weighted by Gasteiger charge is -2.08. The molecule has 2 aromatic heterocycles. The molecule has 0 saturated heterocycles. The van der Waals surface area contributed by atoms with Gasteiger partial charge in [0.05, 0.1) is 0 Å². The van der Waals surface area contributed by atoms with Crippen molar-refractivity contribution in [2.24, 2.45) is 0 Å². The van der Waals surface area contributed by atoms with Crippen LogP contribution in [0.5, 0.6) is 0 Å². The van der Waals surface area contributed by atoms with Crippen molar-refractivity contribution in [1.82, 2.24) is 19.9 Å². The minimum atomic E-state index is 0.00189. The molecule has 0 unspecified atom stereocenters. The lowest BCUT2D eigenvalue weighted by atomic mass is 10.3. The van der Waals surface area contributed by atoms with Crippen LogP contribution in [0.4, 0.5) is 0 Å². The minimum absolute atomic E-state index is 0.00189. The Morgan fingerprint density at radius 1 is 1.55 bits per heavy atom. The number of nitrogens with one attached hydrogen (secondary N) is 2. The van der Waals surface area contributed by atoms with E-state index in [1.165, 1.54) is 12.8 Å². The summed E-state index contributed by atoms with van der Waals surface area (Å²) in [7, 11) is 0. The Balaban J connectivity index is 1.51. The number of carbonyl (C=O) groups excluding carboxylic acids is 1. The molecule has 1 amide bonds. The van der Waals surface area contributed by atoms with E-state index in [1.807, 2.05) is 18.5 Å². The average Bonchev–Trinajstić information content (AvgIpc) is 3.00. The molecule has 1 fully saturated rings. The van der Waals surface area contributed by atoms with Gasteiger partial charge in [0.2, 0.25) is 0 Å². The Morgan fingerprint density at radius 3 is 3.10 bits per heavy atom. The average molecular weight is 337 g/mol. The van der Waals surface area contributed by atoms with Gasteiger partial charge in [0.15, 0.2) is 0 Å². The third-order valence-electron chi connectivity index (χ3n) is 3.42. The zero-order valence-electron chi connectivity index (χ0n) is 11.1. The second kappa shape index (κ2) is 5.83. The molecular weight excluding hydrogens is 320 g/mol. The second-order valence-electron chi connectivity index (χ2n) is 5.08. The smallest absolute Gasteiger partial charge is 0.267 e.